The Balaban J connectivity index is 2.75. The third kappa shape index (κ3) is 6.42. The molecule has 0 aliphatic rings. The zero-order valence-electron chi connectivity index (χ0n) is 14.3. The Labute approximate surface area is 144 Å². The minimum absolute atomic E-state index is 0.483. The molecule has 0 aliphatic carbocycles. The molecule has 136 valence electrons. The number of rotatable bonds is 9. The van der Waals surface area contributed by atoms with Gasteiger partial charge in [-0.3, -0.25) is 9.63 Å². The van der Waals surface area contributed by atoms with Gasteiger partial charge in [-0.25, -0.2) is 0 Å². The molecule has 0 saturated carbocycles. The number of carbonyl (C=O) groups excluding carboxylic acids is 1. The van der Waals surface area contributed by atoms with Crippen LogP contribution in [0.25, 0.3) is 6.08 Å². The highest BCUT2D eigenvalue weighted by Gasteiger charge is 2.12. The molecular formula is C16H20N2O7. The molecule has 0 bridgehead atoms. The van der Waals surface area contributed by atoms with Crippen molar-refractivity contribution in [2.75, 3.05) is 21.3 Å². The fourth-order valence-corrected chi connectivity index (χ4v) is 1.91. The van der Waals surface area contributed by atoms with Gasteiger partial charge in [0.15, 0.2) is 17.7 Å². The van der Waals surface area contributed by atoms with E-state index in [0.717, 1.165) is 5.56 Å². The number of nitrogens with one attached hydrogen (secondary N) is 1. The van der Waals surface area contributed by atoms with Crippen LogP contribution in [0.2, 0.25) is 0 Å². The lowest BCUT2D eigenvalue weighted by molar-refractivity contribution is -0.768. The summed E-state index contributed by atoms with van der Waals surface area (Å²) in [4.78, 5) is 25.8. The van der Waals surface area contributed by atoms with Gasteiger partial charge in [0.25, 0.3) is 5.09 Å². The Morgan fingerprint density at radius 1 is 1.16 bits per heavy atom. The Morgan fingerprint density at radius 3 is 2.24 bits per heavy atom. The van der Waals surface area contributed by atoms with E-state index in [1.54, 1.807) is 24.3 Å². The van der Waals surface area contributed by atoms with Crippen LogP contribution in [0.5, 0.6) is 17.2 Å². The van der Waals surface area contributed by atoms with E-state index in [9.17, 15) is 14.9 Å². The quantitative estimate of drug-likeness (QED) is 0.238. The number of amides is 1. The molecule has 9 heteroatoms. The molecule has 1 amide bonds. The SMILES string of the molecule is COc1cc(C=CC=CC(=O)NC(C)O[N+](=O)[O-])cc(OC)c1OC. The van der Waals surface area contributed by atoms with E-state index < -0.39 is 17.2 Å². The van der Waals surface area contributed by atoms with Crippen LogP contribution in [0.4, 0.5) is 0 Å². The van der Waals surface area contributed by atoms with Crippen LogP contribution in [0, 0.1) is 10.1 Å². The summed E-state index contributed by atoms with van der Waals surface area (Å²) in [6, 6.07) is 3.50. The minimum Gasteiger partial charge on any atom is -0.493 e. The fraction of sp³-hybridized carbons (Fsp3) is 0.312. The van der Waals surface area contributed by atoms with Gasteiger partial charge in [-0.2, -0.15) is 0 Å². The second-order valence-corrected chi connectivity index (χ2v) is 4.66. The molecule has 0 heterocycles. The summed E-state index contributed by atoms with van der Waals surface area (Å²) in [5, 5.41) is 11.4. The van der Waals surface area contributed by atoms with Crippen molar-refractivity contribution in [1.29, 1.82) is 0 Å². The summed E-state index contributed by atoms with van der Waals surface area (Å²) >= 11 is 0. The molecule has 9 nitrogen and oxygen atoms in total. The van der Waals surface area contributed by atoms with E-state index in [0.29, 0.717) is 17.2 Å². The molecule has 1 rings (SSSR count). The molecule has 1 atom stereocenters. The molecule has 25 heavy (non-hydrogen) atoms. The summed E-state index contributed by atoms with van der Waals surface area (Å²) < 4.78 is 15.7. The lowest BCUT2D eigenvalue weighted by atomic mass is 10.1. The van der Waals surface area contributed by atoms with Gasteiger partial charge in [-0.1, -0.05) is 18.2 Å². The highest BCUT2D eigenvalue weighted by Crippen LogP contribution is 2.38. The average molecular weight is 352 g/mol. The Morgan fingerprint density at radius 2 is 1.76 bits per heavy atom. The van der Waals surface area contributed by atoms with E-state index in [1.807, 2.05) is 0 Å². The molecule has 1 N–H and O–H groups in total. The van der Waals surface area contributed by atoms with E-state index in [2.05, 4.69) is 10.2 Å². The van der Waals surface area contributed by atoms with Crippen molar-refractivity contribution in [3.8, 4) is 17.2 Å². The van der Waals surface area contributed by atoms with Crippen LogP contribution in [0.3, 0.4) is 0 Å². The predicted molar refractivity (Wildman–Crippen MR) is 90.0 cm³/mol. The summed E-state index contributed by atoms with van der Waals surface area (Å²) in [6.45, 7) is 1.35. The first-order valence-electron chi connectivity index (χ1n) is 7.17. The van der Waals surface area contributed by atoms with Crippen LogP contribution < -0.4 is 19.5 Å². The summed E-state index contributed by atoms with van der Waals surface area (Å²) in [5.41, 5.74) is 0.768. The number of carbonyl (C=O) groups is 1. The molecule has 1 aromatic rings. The van der Waals surface area contributed by atoms with Crippen molar-refractivity contribution in [2.24, 2.45) is 0 Å². The van der Waals surface area contributed by atoms with Crippen LogP contribution in [0.1, 0.15) is 12.5 Å². The van der Waals surface area contributed by atoms with Gasteiger partial charge in [-0.05, 0) is 24.6 Å². The molecule has 1 unspecified atom stereocenters. The maximum Gasteiger partial charge on any atom is 0.296 e. The molecule has 0 radical (unpaired) electrons. The molecule has 0 fully saturated rings. The molecule has 0 spiro atoms. The number of methoxy groups -OCH3 is 3. The highest BCUT2D eigenvalue weighted by atomic mass is 17.0. The first kappa shape index (κ1) is 19.8. The second kappa shape index (κ2) is 9.81. The molecule has 0 aliphatic heterocycles. The third-order valence-electron chi connectivity index (χ3n) is 2.92. The topological polar surface area (TPSA) is 109 Å². The summed E-state index contributed by atoms with van der Waals surface area (Å²) in [6.07, 6.45) is 5.02. The van der Waals surface area contributed by atoms with Gasteiger partial charge in [-0.15, -0.1) is 10.1 Å². The van der Waals surface area contributed by atoms with Crippen molar-refractivity contribution in [2.45, 2.75) is 13.2 Å². The number of allylic oxidation sites excluding steroid dienone is 2. The van der Waals surface area contributed by atoms with Crippen LogP contribution in [-0.2, 0) is 9.63 Å². The van der Waals surface area contributed by atoms with Crippen LogP contribution in [-0.4, -0.2) is 38.6 Å². The van der Waals surface area contributed by atoms with Gasteiger partial charge in [0.1, 0.15) is 0 Å². The number of hydrogen-bond acceptors (Lipinski definition) is 7. The lowest BCUT2D eigenvalue weighted by Crippen LogP contribution is -2.34. The van der Waals surface area contributed by atoms with Gasteiger partial charge >= 0.3 is 0 Å². The van der Waals surface area contributed by atoms with Gasteiger partial charge in [0.05, 0.1) is 21.3 Å². The van der Waals surface area contributed by atoms with Crippen molar-refractivity contribution in [1.82, 2.24) is 5.32 Å². The van der Waals surface area contributed by atoms with Crippen molar-refractivity contribution < 1.29 is 28.9 Å². The van der Waals surface area contributed by atoms with Crippen molar-refractivity contribution in [3.05, 3.63) is 46.0 Å². The van der Waals surface area contributed by atoms with Crippen LogP contribution in [0.15, 0.2) is 30.4 Å². The van der Waals surface area contributed by atoms with Gasteiger partial charge < -0.3 is 19.5 Å². The number of benzene rings is 1. The molecule has 0 saturated heterocycles. The third-order valence-corrected chi connectivity index (χ3v) is 2.92. The first-order chi connectivity index (χ1) is 11.9. The number of nitrogens with zero attached hydrogens (tertiary/aromatic N) is 1. The van der Waals surface area contributed by atoms with E-state index in [1.165, 1.54) is 40.4 Å². The number of hydrogen-bond donors (Lipinski definition) is 1. The van der Waals surface area contributed by atoms with E-state index in [-0.39, 0.29) is 0 Å². The lowest BCUT2D eigenvalue weighted by Gasteiger charge is -2.12. The zero-order chi connectivity index (χ0) is 18.8. The monoisotopic (exact) mass is 352 g/mol. The maximum atomic E-state index is 11.5. The molecule has 0 aromatic heterocycles. The average Bonchev–Trinajstić information content (AvgIpc) is 2.56. The largest absolute Gasteiger partial charge is 0.493 e. The van der Waals surface area contributed by atoms with Gasteiger partial charge in [0, 0.05) is 6.08 Å². The smallest absolute Gasteiger partial charge is 0.296 e. The van der Waals surface area contributed by atoms with Crippen molar-refractivity contribution >= 4 is 12.0 Å². The van der Waals surface area contributed by atoms with Crippen molar-refractivity contribution in [3.63, 3.8) is 0 Å². The zero-order valence-corrected chi connectivity index (χ0v) is 14.3. The standard InChI is InChI=1S/C16H20N2O7/c1-11(25-18(20)21)17-15(19)8-6-5-7-12-9-13(22-2)16(24-4)14(10-12)23-3/h5-11H,1-4H3,(H,17,19). The second-order valence-electron chi connectivity index (χ2n) is 4.66. The van der Waals surface area contributed by atoms with Gasteiger partial charge in [0.2, 0.25) is 11.7 Å². The maximum absolute atomic E-state index is 11.5. The Kier molecular flexibility index (Phi) is 7.77. The number of ether oxygens (including phenoxy) is 3. The normalized spacial score (nSPS) is 12.0. The summed E-state index contributed by atoms with van der Waals surface area (Å²) in [5.74, 6) is 0.976. The van der Waals surface area contributed by atoms with Crippen LogP contribution >= 0.6 is 0 Å². The fourth-order valence-electron chi connectivity index (χ4n) is 1.91. The predicted octanol–water partition coefficient (Wildman–Crippen LogP) is 1.95. The Hall–Kier alpha value is -3.23. The Bertz CT molecular complexity index is 645. The minimum atomic E-state index is -1.04. The summed E-state index contributed by atoms with van der Waals surface area (Å²) in [7, 11) is 4.55. The highest BCUT2D eigenvalue weighted by molar-refractivity contribution is 5.88. The first-order valence-corrected chi connectivity index (χ1v) is 7.17. The molecular weight excluding hydrogens is 332 g/mol. The van der Waals surface area contributed by atoms with E-state index in [4.69, 9.17) is 14.2 Å². The van der Waals surface area contributed by atoms with E-state index >= 15 is 0 Å². The molecule has 1 aromatic carbocycles.